The Kier molecular flexibility index (Phi) is 5.46. The van der Waals surface area contributed by atoms with E-state index in [9.17, 15) is 9.90 Å². The highest BCUT2D eigenvalue weighted by Crippen LogP contribution is 2.34. The summed E-state index contributed by atoms with van der Waals surface area (Å²) >= 11 is 0. The van der Waals surface area contributed by atoms with Crippen LogP contribution in [0.2, 0.25) is 0 Å². The zero-order chi connectivity index (χ0) is 17.9. The quantitative estimate of drug-likeness (QED) is 0.871. The molecule has 2 heterocycles. The van der Waals surface area contributed by atoms with Crippen molar-refractivity contribution in [3.05, 3.63) is 30.3 Å². The Bertz CT molecular complexity index is 609. The monoisotopic (exact) mass is 358 g/mol. The lowest BCUT2D eigenvalue weighted by atomic mass is 9.87. The van der Waals surface area contributed by atoms with E-state index in [1.54, 1.807) is 0 Å². The van der Waals surface area contributed by atoms with E-state index in [0.29, 0.717) is 12.5 Å². The van der Waals surface area contributed by atoms with Gasteiger partial charge in [-0.05, 0) is 50.7 Å². The number of ether oxygens (including phenoxy) is 1. The van der Waals surface area contributed by atoms with Crippen LogP contribution < -0.4 is 10.1 Å². The largest absolute Gasteiger partial charge is 0.488 e. The van der Waals surface area contributed by atoms with Gasteiger partial charge in [0.05, 0.1) is 0 Å². The van der Waals surface area contributed by atoms with Crippen LogP contribution in [0.25, 0.3) is 0 Å². The number of amides is 1. The lowest BCUT2D eigenvalue weighted by Gasteiger charge is -2.43. The lowest BCUT2D eigenvalue weighted by Crippen LogP contribution is -2.56. The standard InChI is InChI=1S/C21H30N2O3/c24-20-12-5-4-9-17-16(22-20)13-14-23(17)18-10-6-11-19(21(18)25)26-15-7-2-1-3-8-15/h1-3,7-8,16-19,21,25H,4-6,9-14H2,(H,22,24)/t16-,17+,18-,19+,21+/m0/s1. The summed E-state index contributed by atoms with van der Waals surface area (Å²) in [7, 11) is 0. The van der Waals surface area contributed by atoms with Gasteiger partial charge in [-0.2, -0.15) is 0 Å². The number of benzene rings is 1. The summed E-state index contributed by atoms with van der Waals surface area (Å²) in [5, 5.41) is 14.3. The molecule has 5 nitrogen and oxygen atoms in total. The zero-order valence-electron chi connectivity index (χ0n) is 15.3. The van der Waals surface area contributed by atoms with Crippen LogP contribution in [-0.2, 0) is 4.79 Å². The number of nitrogens with one attached hydrogen (secondary N) is 1. The minimum absolute atomic E-state index is 0.129. The van der Waals surface area contributed by atoms with E-state index in [1.165, 1.54) is 0 Å². The van der Waals surface area contributed by atoms with Gasteiger partial charge >= 0.3 is 0 Å². The highest BCUT2D eigenvalue weighted by molar-refractivity contribution is 5.76. The Morgan fingerprint density at radius 2 is 1.81 bits per heavy atom. The van der Waals surface area contributed by atoms with Crippen LogP contribution in [0.1, 0.15) is 51.4 Å². The maximum Gasteiger partial charge on any atom is 0.220 e. The third kappa shape index (κ3) is 3.74. The molecule has 142 valence electrons. The Balaban J connectivity index is 1.45. The molecule has 5 heteroatoms. The minimum Gasteiger partial charge on any atom is -0.488 e. The highest BCUT2D eigenvalue weighted by Gasteiger charge is 2.44. The lowest BCUT2D eigenvalue weighted by molar-refractivity contribution is -0.122. The summed E-state index contributed by atoms with van der Waals surface area (Å²) in [6.07, 6.45) is 7.15. The first kappa shape index (κ1) is 17.8. The molecule has 0 radical (unpaired) electrons. The first-order valence-electron chi connectivity index (χ1n) is 10.2. The number of likely N-dealkylation sites (tertiary alicyclic amines) is 1. The molecule has 0 aromatic heterocycles. The summed E-state index contributed by atoms with van der Waals surface area (Å²) < 4.78 is 6.11. The number of rotatable bonds is 3. The molecular weight excluding hydrogens is 328 g/mol. The molecule has 0 unspecified atom stereocenters. The second-order valence-corrected chi connectivity index (χ2v) is 7.97. The van der Waals surface area contributed by atoms with E-state index in [1.807, 2.05) is 30.3 Å². The summed E-state index contributed by atoms with van der Waals surface area (Å²) in [5.74, 6) is 1.02. The molecule has 2 aliphatic heterocycles. The van der Waals surface area contributed by atoms with Crippen LogP contribution in [0.5, 0.6) is 5.75 Å². The third-order valence-electron chi connectivity index (χ3n) is 6.31. The average Bonchev–Trinajstić information content (AvgIpc) is 3.01. The van der Waals surface area contributed by atoms with Gasteiger partial charge in [-0.15, -0.1) is 0 Å². The van der Waals surface area contributed by atoms with E-state index in [4.69, 9.17) is 4.74 Å². The van der Waals surface area contributed by atoms with Gasteiger partial charge in [0.15, 0.2) is 0 Å². The van der Waals surface area contributed by atoms with Crippen molar-refractivity contribution in [1.82, 2.24) is 10.2 Å². The van der Waals surface area contributed by atoms with E-state index in [2.05, 4.69) is 10.2 Å². The Morgan fingerprint density at radius 1 is 1.00 bits per heavy atom. The number of hydrogen-bond acceptors (Lipinski definition) is 4. The van der Waals surface area contributed by atoms with Crippen molar-refractivity contribution >= 4 is 5.91 Å². The molecule has 1 amide bonds. The second-order valence-electron chi connectivity index (χ2n) is 7.97. The number of aliphatic hydroxyl groups excluding tert-OH is 1. The topological polar surface area (TPSA) is 61.8 Å². The van der Waals surface area contributed by atoms with Gasteiger partial charge in [0.25, 0.3) is 0 Å². The molecule has 26 heavy (non-hydrogen) atoms. The number of carbonyl (C=O) groups is 1. The molecule has 5 atom stereocenters. The molecule has 1 aromatic rings. The molecule has 2 N–H and O–H groups in total. The SMILES string of the molecule is O=C1CCCC[C@@H]2[C@H](CCN2[C@H]2CCC[C@@H](Oc3ccccc3)[C@@H]2O)N1. The van der Waals surface area contributed by atoms with Crippen molar-refractivity contribution in [3.8, 4) is 5.75 Å². The summed E-state index contributed by atoms with van der Waals surface area (Å²) in [5.41, 5.74) is 0. The second kappa shape index (κ2) is 7.97. The van der Waals surface area contributed by atoms with Crippen LogP contribution in [0, 0.1) is 0 Å². The molecule has 0 bridgehead atoms. The summed E-state index contributed by atoms with van der Waals surface area (Å²) in [6, 6.07) is 10.5. The van der Waals surface area contributed by atoms with Gasteiger partial charge in [-0.1, -0.05) is 24.6 Å². The average molecular weight is 358 g/mol. The third-order valence-corrected chi connectivity index (χ3v) is 6.31. The molecule has 3 aliphatic rings. The normalized spacial score (nSPS) is 35.9. The van der Waals surface area contributed by atoms with E-state index < -0.39 is 6.10 Å². The number of aliphatic hydroxyl groups is 1. The number of fused-ring (bicyclic) bond motifs is 1. The molecule has 1 aliphatic carbocycles. The van der Waals surface area contributed by atoms with Crippen molar-refractivity contribution in [1.29, 1.82) is 0 Å². The Morgan fingerprint density at radius 3 is 2.65 bits per heavy atom. The van der Waals surface area contributed by atoms with Crippen LogP contribution >= 0.6 is 0 Å². The summed E-state index contributed by atoms with van der Waals surface area (Å²) in [4.78, 5) is 14.5. The molecule has 0 spiro atoms. The molecule has 1 saturated carbocycles. The van der Waals surface area contributed by atoms with Crippen molar-refractivity contribution < 1.29 is 14.6 Å². The minimum atomic E-state index is -0.483. The fourth-order valence-electron chi connectivity index (χ4n) is 5.02. The van der Waals surface area contributed by atoms with Gasteiger partial charge < -0.3 is 15.2 Å². The first-order chi connectivity index (χ1) is 12.7. The van der Waals surface area contributed by atoms with Crippen LogP contribution in [-0.4, -0.2) is 52.8 Å². The molecule has 1 aromatic carbocycles. The van der Waals surface area contributed by atoms with Gasteiger partial charge in [-0.3, -0.25) is 9.69 Å². The first-order valence-corrected chi connectivity index (χ1v) is 10.2. The van der Waals surface area contributed by atoms with Gasteiger partial charge in [-0.25, -0.2) is 0 Å². The summed E-state index contributed by atoms with van der Waals surface area (Å²) in [6.45, 7) is 0.954. The van der Waals surface area contributed by atoms with Gasteiger partial charge in [0.2, 0.25) is 5.91 Å². The highest BCUT2D eigenvalue weighted by atomic mass is 16.5. The number of hydrogen-bond donors (Lipinski definition) is 2. The fourth-order valence-corrected chi connectivity index (χ4v) is 5.02. The molecule has 4 rings (SSSR count). The van der Waals surface area contributed by atoms with Crippen LogP contribution in [0.4, 0.5) is 0 Å². The molecular formula is C21H30N2O3. The van der Waals surface area contributed by atoms with Gasteiger partial charge in [0.1, 0.15) is 18.0 Å². The fraction of sp³-hybridized carbons (Fsp3) is 0.667. The van der Waals surface area contributed by atoms with Crippen LogP contribution in [0.15, 0.2) is 30.3 Å². The predicted molar refractivity (Wildman–Crippen MR) is 100 cm³/mol. The van der Waals surface area contributed by atoms with E-state index in [-0.39, 0.29) is 24.1 Å². The zero-order valence-corrected chi connectivity index (χ0v) is 15.3. The predicted octanol–water partition coefficient (Wildman–Crippen LogP) is 2.48. The number of para-hydroxylation sites is 1. The maximum atomic E-state index is 12.0. The number of nitrogens with zero attached hydrogens (tertiary/aromatic N) is 1. The van der Waals surface area contributed by atoms with Crippen molar-refractivity contribution in [3.63, 3.8) is 0 Å². The smallest absolute Gasteiger partial charge is 0.220 e. The van der Waals surface area contributed by atoms with Gasteiger partial charge in [0, 0.05) is 31.1 Å². The van der Waals surface area contributed by atoms with Crippen molar-refractivity contribution in [2.45, 2.75) is 81.7 Å². The molecule has 3 fully saturated rings. The van der Waals surface area contributed by atoms with E-state index >= 15 is 0 Å². The van der Waals surface area contributed by atoms with E-state index in [0.717, 1.165) is 57.2 Å². The molecule has 2 saturated heterocycles. The van der Waals surface area contributed by atoms with Crippen molar-refractivity contribution in [2.24, 2.45) is 0 Å². The maximum absolute atomic E-state index is 12.0. The Hall–Kier alpha value is -1.59. The van der Waals surface area contributed by atoms with Crippen molar-refractivity contribution in [2.75, 3.05) is 6.54 Å². The number of carbonyl (C=O) groups excluding carboxylic acids is 1. The Labute approximate surface area is 155 Å². The van der Waals surface area contributed by atoms with Crippen LogP contribution in [0.3, 0.4) is 0 Å².